The first kappa shape index (κ1) is 13.6. The Balaban J connectivity index is 1.74. The van der Waals surface area contributed by atoms with E-state index in [0.717, 1.165) is 37.9 Å². The molecule has 0 atom stereocenters. The van der Waals surface area contributed by atoms with Gasteiger partial charge < -0.3 is 15.7 Å². The quantitative estimate of drug-likeness (QED) is 0.791. The van der Waals surface area contributed by atoms with Gasteiger partial charge in [-0.05, 0) is 58.9 Å². The van der Waals surface area contributed by atoms with Crippen LogP contribution in [0.4, 0.5) is 11.8 Å². The summed E-state index contributed by atoms with van der Waals surface area (Å²) in [5.74, 6) is 1.49. The van der Waals surface area contributed by atoms with Gasteiger partial charge in [0.1, 0.15) is 5.82 Å². The Labute approximate surface area is 120 Å². The van der Waals surface area contributed by atoms with Gasteiger partial charge in [0.2, 0.25) is 5.95 Å². The molecule has 2 fully saturated rings. The molecule has 3 N–H and O–H groups in total. The van der Waals surface area contributed by atoms with Gasteiger partial charge in [-0.1, -0.05) is 0 Å². The van der Waals surface area contributed by atoms with Crippen LogP contribution in [0.25, 0.3) is 0 Å². The minimum absolute atomic E-state index is 0.00486. The number of nitrogens with zero attached hydrogens (tertiary/aromatic N) is 2. The highest BCUT2D eigenvalue weighted by Gasteiger charge is 2.53. The summed E-state index contributed by atoms with van der Waals surface area (Å²) in [7, 11) is 0. The zero-order valence-electron chi connectivity index (χ0n) is 12.5. The van der Waals surface area contributed by atoms with Gasteiger partial charge in [-0.25, -0.2) is 4.98 Å². The molecule has 5 heteroatoms. The lowest BCUT2D eigenvalue weighted by Gasteiger charge is -2.28. The Morgan fingerprint density at radius 2 is 1.90 bits per heavy atom. The topological polar surface area (TPSA) is 70.1 Å². The summed E-state index contributed by atoms with van der Waals surface area (Å²) in [6.45, 7) is 6.32. The second-order valence-corrected chi connectivity index (χ2v) is 7.45. The van der Waals surface area contributed by atoms with E-state index in [9.17, 15) is 5.11 Å². The average Bonchev–Trinajstić information content (AvgIpc) is 2.80. The first-order chi connectivity index (χ1) is 9.28. The fourth-order valence-electron chi connectivity index (χ4n) is 3.46. The standard InChI is InChI=1S/C15H24N4O/c1-13(2,3)18-11-4-9-16-12(17-11)19-14-5-7-15(20,10-14)8-6-14/h4,9,20H,5-8,10H2,1-3H3,(H2,16,17,18,19). The van der Waals surface area contributed by atoms with Crippen LogP contribution in [-0.4, -0.2) is 31.8 Å². The van der Waals surface area contributed by atoms with E-state index in [0.29, 0.717) is 5.95 Å². The zero-order chi connectivity index (χ0) is 14.4. The van der Waals surface area contributed by atoms with Crippen molar-refractivity contribution in [2.24, 2.45) is 0 Å². The molecule has 0 aliphatic heterocycles. The van der Waals surface area contributed by atoms with Crippen molar-refractivity contribution >= 4 is 11.8 Å². The Morgan fingerprint density at radius 3 is 2.45 bits per heavy atom. The molecule has 1 aromatic rings. The van der Waals surface area contributed by atoms with Gasteiger partial charge in [0, 0.05) is 17.3 Å². The van der Waals surface area contributed by atoms with Crippen molar-refractivity contribution in [2.75, 3.05) is 10.6 Å². The summed E-state index contributed by atoms with van der Waals surface area (Å²) in [5, 5.41) is 17.1. The third kappa shape index (κ3) is 2.73. The van der Waals surface area contributed by atoms with E-state index in [1.807, 2.05) is 6.07 Å². The Hall–Kier alpha value is -1.36. The van der Waals surface area contributed by atoms with E-state index in [1.54, 1.807) is 6.20 Å². The van der Waals surface area contributed by atoms with E-state index >= 15 is 0 Å². The van der Waals surface area contributed by atoms with Crippen molar-refractivity contribution in [3.63, 3.8) is 0 Å². The van der Waals surface area contributed by atoms with Crippen LogP contribution in [0.15, 0.2) is 12.3 Å². The summed E-state index contributed by atoms with van der Waals surface area (Å²) in [4.78, 5) is 8.86. The van der Waals surface area contributed by atoms with Gasteiger partial charge in [-0.2, -0.15) is 4.98 Å². The zero-order valence-corrected chi connectivity index (χ0v) is 12.5. The lowest BCUT2D eigenvalue weighted by atomic mass is 9.93. The first-order valence-corrected chi connectivity index (χ1v) is 7.40. The predicted octanol–water partition coefficient (Wildman–Crippen LogP) is 2.55. The van der Waals surface area contributed by atoms with Crippen molar-refractivity contribution in [3.8, 4) is 0 Å². The van der Waals surface area contributed by atoms with E-state index in [2.05, 4.69) is 41.4 Å². The molecule has 2 bridgehead atoms. The van der Waals surface area contributed by atoms with Gasteiger partial charge in [0.25, 0.3) is 0 Å². The highest BCUT2D eigenvalue weighted by Crippen LogP contribution is 2.51. The maximum atomic E-state index is 10.3. The van der Waals surface area contributed by atoms with Crippen LogP contribution in [-0.2, 0) is 0 Å². The monoisotopic (exact) mass is 276 g/mol. The summed E-state index contributed by atoms with van der Waals surface area (Å²) in [5.41, 5.74) is -0.478. The molecule has 0 amide bonds. The van der Waals surface area contributed by atoms with E-state index < -0.39 is 5.60 Å². The lowest BCUT2D eigenvalue weighted by molar-refractivity contribution is 0.0521. The van der Waals surface area contributed by atoms with Crippen LogP contribution in [0.2, 0.25) is 0 Å². The van der Waals surface area contributed by atoms with Crippen LogP contribution in [0.5, 0.6) is 0 Å². The van der Waals surface area contributed by atoms with E-state index in [1.165, 1.54) is 0 Å². The molecule has 0 saturated heterocycles. The predicted molar refractivity (Wildman–Crippen MR) is 79.8 cm³/mol. The molecular weight excluding hydrogens is 252 g/mol. The fourth-order valence-corrected chi connectivity index (χ4v) is 3.46. The molecule has 2 aliphatic rings. The maximum absolute atomic E-state index is 10.3. The second-order valence-electron chi connectivity index (χ2n) is 7.45. The third-order valence-corrected chi connectivity index (χ3v) is 4.34. The van der Waals surface area contributed by atoms with Crippen molar-refractivity contribution in [1.82, 2.24) is 9.97 Å². The third-order valence-electron chi connectivity index (χ3n) is 4.34. The van der Waals surface area contributed by atoms with Crippen molar-refractivity contribution < 1.29 is 5.11 Å². The summed E-state index contributed by atoms with van der Waals surface area (Å²) in [6.07, 6.45) is 6.38. The second kappa shape index (κ2) is 4.32. The first-order valence-electron chi connectivity index (χ1n) is 7.40. The number of anilines is 2. The molecule has 0 aromatic carbocycles. The molecule has 3 rings (SSSR count). The molecule has 0 unspecified atom stereocenters. The van der Waals surface area contributed by atoms with Gasteiger partial charge in [-0.3, -0.25) is 0 Å². The minimum atomic E-state index is -0.450. The fraction of sp³-hybridized carbons (Fsp3) is 0.733. The van der Waals surface area contributed by atoms with Crippen LogP contribution >= 0.6 is 0 Å². The van der Waals surface area contributed by atoms with Crippen LogP contribution in [0.1, 0.15) is 52.9 Å². The highest BCUT2D eigenvalue weighted by molar-refractivity contribution is 5.43. The minimum Gasteiger partial charge on any atom is -0.390 e. The van der Waals surface area contributed by atoms with Gasteiger partial charge in [-0.15, -0.1) is 0 Å². The Morgan fingerprint density at radius 1 is 1.20 bits per heavy atom. The molecule has 2 saturated carbocycles. The largest absolute Gasteiger partial charge is 0.390 e. The summed E-state index contributed by atoms with van der Waals surface area (Å²) < 4.78 is 0. The molecule has 0 spiro atoms. The van der Waals surface area contributed by atoms with Gasteiger partial charge in [0.05, 0.1) is 5.60 Å². The molecule has 20 heavy (non-hydrogen) atoms. The average molecular weight is 276 g/mol. The Kier molecular flexibility index (Phi) is 2.94. The number of hydrogen-bond donors (Lipinski definition) is 3. The number of hydrogen-bond acceptors (Lipinski definition) is 5. The number of aromatic nitrogens is 2. The van der Waals surface area contributed by atoms with Crippen molar-refractivity contribution in [3.05, 3.63) is 12.3 Å². The van der Waals surface area contributed by atoms with Gasteiger partial charge >= 0.3 is 0 Å². The van der Waals surface area contributed by atoms with Crippen LogP contribution < -0.4 is 10.6 Å². The Bertz CT molecular complexity index is 501. The van der Waals surface area contributed by atoms with Crippen LogP contribution in [0.3, 0.4) is 0 Å². The SMILES string of the molecule is CC(C)(C)Nc1ccnc(NC23CCC(O)(CC2)C3)n1. The normalized spacial score (nSPS) is 32.4. The molecule has 2 aliphatic carbocycles. The number of rotatable bonds is 3. The van der Waals surface area contributed by atoms with E-state index in [-0.39, 0.29) is 11.1 Å². The number of nitrogens with one attached hydrogen (secondary N) is 2. The van der Waals surface area contributed by atoms with E-state index in [4.69, 9.17) is 0 Å². The van der Waals surface area contributed by atoms with Crippen molar-refractivity contribution in [2.45, 2.75) is 69.6 Å². The molecule has 0 radical (unpaired) electrons. The van der Waals surface area contributed by atoms with Crippen LogP contribution in [0, 0.1) is 0 Å². The van der Waals surface area contributed by atoms with Gasteiger partial charge in [0.15, 0.2) is 0 Å². The lowest BCUT2D eigenvalue weighted by Crippen LogP contribution is -2.34. The molecule has 1 aromatic heterocycles. The number of fused-ring (bicyclic) bond motifs is 2. The maximum Gasteiger partial charge on any atom is 0.225 e. The summed E-state index contributed by atoms with van der Waals surface area (Å²) in [6, 6.07) is 1.88. The molecule has 110 valence electrons. The number of aliphatic hydroxyl groups is 1. The summed E-state index contributed by atoms with van der Waals surface area (Å²) >= 11 is 0. The smallest absolute Gasteiger partial charge is 0.225 e. The van der Waals surface area contributed by atoms with Crippen molar-refractivity contribution in [1.29, 1.82) is 0 Å². The molecular formula is C15H24N4O. The molecule has 1 heterocycles. The molecule has 5 nitrogen and oxygen atoms in total. The highest BCUT2D eigenvalue weighted by atomic mass is 16.3.